The summed E-state index contributed by atoms with van der Waals surface area (Å²) >= 11 is 0. The topological polar surface area (TPSA) is 149 Å². The largest absolute Gasteiger partial charge is 0.313 e. The second-order valence-corrected chi connectivity index (χ2v) is 14.8. The average molecular weight is 1190 g/mol. The lowest BCUT2D eigenvalue weighted by atomic mass is 10.0. The summed E-state index contributed by atoms with van der Waals surface area (Å²) in [6.45, 7) is 36.2. The third-order valence-corrected chi connectivity index (χ3v) is 9.65. The van der Waals surface area contributed by atoms with Crippen LogP contribution in [0.4, 0.5) is 0 Å². The SMILES string of the molecule is C.C.C.CC.CC.CC.CC.CC.CC.CC.CC.CCc1ccccc1.CN/N=C(\Cc1ccccc1)c1ccncc1.CNN.Cc1ccncc1.Cn1cc(-c2ccccc2)c(-c2ccncc2)n1.O=C(Cc1ccccc1)c1ccncc1. The van der Waals surface area contributed by atoms with Gasteiger partial charge in [-0.05, 0) is 96.7 Å². The highest BCUT2D eigenvalue weighted by atomic mass is 16.1. The molecule has 0 saturated heterocycles. The first-order chi connectivity index (χ1) is 41.3. The molecule has 0 unspecified atom stereocenters. The molecule has 0 aliphatic carbocycles. The number of nitrogens with two attached hydrogens (primary N) is 1. The first kappa shape index (κ1) is 95.1. The molecule has 4 N–H and O–H groups in total. The van der Waals surface area contributed by atoms with Gasteiger partial charge in [0.1, 0.15) is 5.69 Å². The molecule has 9 aromatic rings. The molecule has 0 atom stereocenters. The molecule has 0 fully saturated rings. The van der Waals surface area contributed by atoms with E-state index in [0.29, 0.717) is 12.0 Å². The minimum absolute atomic E-state index is 0. The van der Waals surface area contributed by atoms with Crippen LogP contribution in [0, 0.1) is 6.92 Å². The van der Waals surface area contributed by atoms with Crippen LogP contribution < -0.4 is 16.7 Å². The van der Waals surface area contributed by atoms with Crippen LogP contribution in [0.25, 0.3) is 22.4 Å². The Kier molecular flexibility index (Phi) is 80.7. The third-order valence-electron chi connectivity index (χ3n) is 9.65. The van der Waals surface area contributed by atoms with Gasteiger partial charge in [-0.15, -0.1) is 0 Å². The van der Waals surface area contributed by atoms with Gasteiger partial charge in [-0.1, -0.05) is 261 Å². The number of ketones is 1. The maximum absolute atomic E-state index is 11.8. The normalized spacial score (nSPS) is 8.37. The molecule has 482 valence electrons. The highest BCUT2D eigenvalue weighted by Gasteiger charge is 2.11. The number of nitrogens with one attached hydrogen (secondary N) is 2. The zero-order valence-corrected chi connectivity index (χ0v) is 55.6. The summed E-state index contributed by atoms with van der Waals surface area (Å²) in [6, 6.07) is 56.1. The van der Waals surface area contributed by atoms with E-state index in [9.17, 15) is 4.79 Å². The number of hydrogen-bond donors (Lipinski definition) is 3. The van der Waals surface area contributed by atoms with Gasteiger partial charge >= 0.3 is 0 Å². The zero-order valence-electron chi connectivity index (χ0n) is 55.6. The van der Waals surface area contributed by atoms with Crippen LogP contribution in [-0.4, -0.2) is 55.3 Å². The van der Waals surface area contributed by atoms with Gasteiger partial charge in [-0.25, -0.2) is 0 Å². The predicted molar refractivity (Wildman–Crippen MR) is 390 cm³/mol. The molecule has 87 heavy (non-hydrogen) atoms. The van der Waals surface area contributed by atoms with Gasteiger partial charge in [0.05, 0.1) is 5.71 Å². The number of Topliss-reactive ketones (excluding diaryl/α,β-unsaturated/α-hetero) is 1. The molecule has 5 aromatic heterocycles. The van der Waals surface area contributed by atoms with Gasteiger partial charge in [0.15, 0.2) is 5.78 Å². The van der Waals surface area contributed by atoms with Gasteiger partial charge in [0.2, 0.25) is 0 Å². The van der Waals surface area contributed by atoms with E-state index in [1.54, 1.807) is 68.8 Å². The van der Waals surface area contributed by atoms with E-state index in [-0.39, 0.29) is 28.1 Å². The number of carbonyl (C=O) groups excluding carboxylic acids is 1. The van der Waals surface area contributed by atoms with Gasteiger partial charge in [0.25, 0.3) is 0 Å². The van der Waals surface area contributed by atoms with Gasteiger partial charge < -0.3 is 5.43 Å². The maximum Gasteiger partial charge on any atom is 0.167 e. The van der Waals surface area contributed by atoms with E-state index in [2.05, 4.69) is 102 Å². The van der Waals surface area contributed by atoms with Gasteiger partial charge in [-0.2, -0.15) is 10.2 Å². The number of hydrogen-bond acceptors (Lipinski definition) is 10. The summed E-state index contributed by atoms with van der Waals surface area (Å²) in [6.07, 6.45) is 18.4. The van der Waals surface area contributed by atoms with E-state index in [0.717, 1.165) is 46.5 Å². The highest BCUT2D eigenvalue weighted by molar-refractivity contribution is 6.01. The van der Waals surface area contributed by atoms with Crippen LogP contribution in [0.15, 0.2) is 231 Å². The molecule has 0 radical (unpaired) electrons. The molecule has 5 heterocycles. The lowest BCUT2D eigenvalue weighted by Gasteiger charge is -2.06. The summed E-state index contributed by atoms with van der Waals surface area (Å²) in [5.41, 5.74) is 17.3. The Morgan fingerprint density at radius 2 is 0.770 bits per heavy atom. The summed E-state index contributed by atoms with van der Waals surface area (Å²) in [5, 5.41) is 8.87. The predicted octanol–water partition coefficient (Wildman–Crippen LogP) is 20.7. The molecule has 0 aliphatic heterocycles. The number of rotatable bonds is 10. The minimum atomic E-state index is 0. The number of nitrogens with zero attached hydrogens (tertiary/aromatic N) is 7. The fourth-order valence-corrected chi connectivity index (χ4v) is 6.28. The van der Waals surface area contributed by atoms with E-state index in [1.807, 2.05) is 252 Å². The van der Waals surface area contributed by atoms with E-state index in [1.165, 1.54) is 22.3 Å². The lowest BCUT2D eigenvalue weighted by molar-refractivity contribution is 0.0992. The number of carbonyl (C=O) groups is 1. The monoisotopic (exact) mass is 1190 g/mol. The molecule has 0 bridgehead atoms. The van der Waals surface area contributed by atoms with Gasteiger partial charge in [-0.3, -0.25) is 40.7 Å². The third kappa shape index (κ3) is 47.7. The van der Waals surface area contributed by atoms with Crippen LogP contribution in [0.1, 0.15) is 178 Å². The van der Waals surface area contributed by atoms with Crippen molar-refractivity contribution in [3.05, 3.63) is 259 Å². The lowest BCUT2D eigenvalue weighted by Crippen LogP contribution is -2.13. The molecule has 11 nitrogen and oxygen atoms in total. The fraction of sp³-hybridized carbons (Fsp3) is 0.355. The molecule has 0 amide bonds. The molecular formula is C76H122N10O. The summed E-state index contributed by atoms with van der Waals surface area (Å²) in [7, 11) is 5.41. The molecule has 0 saturated carbocycles. The smallest absolute Gasteiger partial charge is 0.167 e. The van der Waals surface area contributed by atoms with Crippen molar-refractivity contribution in [1.82, 2.24) is 40.6 Å². The number of pyridine rings is 4. The average Bonchev–Trinajstić information content (AvgIpc) is 3.44. The van der Waals surface area contributed by atoms with Crippen molar-refractivity contribution in [3.8, 4) is 22.4 Å². The summed E-state index contributed by atoms with van der Waals surface area (Å²) < 4.78 is 1.85. The Morgan fingerprint density at radius 1 is 0.448 bits per heavy atom. The number of benzene rings is 4. The first-order valence-electron chi connectivity index (χ1n) is 30.3. The number of hydrazone groups is 1. The van der Waals surface area contributed by atoms with Crippen molar-refractivity contribution in [2.75, 3.05) is 14.1 Å². The van der Waals surface area contributed by atoms with Gasteiger partial charge in [0, 0.05) is 105 Å². The van der Waals surface area contributed by atoms with Crippen LogP contribution in [0.2, 0.25) is 0 Å². The minimum Gasteiger partial charge on any atom is -0.313 e. The van der Waals surface area contributed by atoms with Crippen LogP contribution in [0.3, 0.4) is 0 Å². The van der Waals surface area contributed by atoms with Crippen LogP contribution >= 0.6 is 0 Å². The number of aryl methyl sites for hydroxylation is 3. The second-order valence-electron chi connectivity index (χ2n) is 14.8. The molecule has 0 aliphatic rings. The molecule has 11 heteroatoms. The number of hydrazine groups is 1. The van der Waals surface area contributed by atoms with E-state index < -0.39 is 0 Å². The Bertz CT molecular complexity index is 2640. The Morgan fingerprint density at radius 3 is 1.10 bits per heavy atom. The van der Waals surface area contributed by atoms with E-state index >= 15 is 0 Å². The Hall–Kier alpha value is -8.25. The summed E-state index contributed by atoms with van der Waals surface area (Å²) in [5.74, 6) is 4.73. The van der Waals surface area contributed by atoms with Crippen molar-refractivity contribution in [3.63, 3.8) is 0 Å². The molecule has 0 spiro atoms. The van der Waals surface area contributed by atoms with Crippen molar-refractivity contribution < 1.29 is 4.79 Å². The van der Waals surface area contributed by atoms with Crippen LogP contribution in [-0.2, 0) is 26.3 Å². The van der Waals surface area contributed by atoms with E-state index in [4.69, 9.17) is 0 Å². The molecule has 4 aromatic carbocycles. The van der Waals surface area contributed by atoms with Crippen LogP contribution in [0.5, 0.6) is 0 Å². The number of aromatic nitrogens is 6. The van der Waals surface area contributed by atoms with Crippen molar-refractivity contribution in [2.45, 2.75) is 166 Å². The molecular weight excluding hydrogens is 1070 g/mol. The van der Waals surface area contributed by atoms with Crippen molar-refractivity contribution in [2.24, 2.45) is 18.0 Å². The Labute approximate surface area is 533 Å². The standard InChI is InChI=1S/C15H13N3.C14H15N3.C13H11NO.C8H10.C6H7N.8C2H6.CH6N2.3CH4/c1-18-11-14(12-5-3-2-4-6-12)15(17-18)13-7-9-16-10-8-13;1-15-17-14(13-7-9-16-10-8-13)11-12-5-3-2-4-6-12;15-13(12-6-8-14-9-7-12)10-11-4-2-1-3-5-11;1-2-8-6-4-3-5-7-8;1-6-2-4-7-5-3-6;8*1-2;1-3-2;;;/h2-11H,1H3;2-10,15H,11H2,1H3;1-9H,10H2;3-7H,2H2,1H3;2-5H,1H3;8*1-2H3;3H,2H2,1H3;3*1H4/b;17-14+;;;;;;;;;;;;;;;. The Balaban J connectivity index is -0.000000142. The highest BCUT2D eigenvalue weighted by Crippen LogP contribution is 2.30. The molecule has 9 rings (SSSR count). The summed E-state index contributed by atoms with van der Waals surface area (Å²) in [4.78, 5) is 27.6. The fourth-order valence-electron chi connectivity index (χ4n) is 6.28. The maximum atomic E-state index is 11.8. The first-order valence-corrected chi connectivity index (χ1v) is 30.3. The van der Waals surface area contributed by atoms with Crippen molar-refractivity contribution >= 4 is 11.5 Å². The van der Waals surface area contributed by atoms with Crippen molar-refractivity contribution in [1.29, 1.82) is 0 Å². The quantitative estimate of drug-likeness (QED) is 0.0526. The zero-order chi connectivity index (χ0) is 64.4. The second kappa shape index (κ2) is 73.9.